The normalized spacial score (nSPS) is 14.1. The second-order valence-corrected chi connectivity index (χ2v) is 12.1. The van der Waals surface area contributed by atoms with Gasteiger partial charge in [0.25, 0.3) is 15.9 Å². The molecule has 2 aromatic heterocycles. The lowest BCUT2D eigenvalue weighted by molar-refractivity contribution is 0.0713. The summed E-state index contributed by atoms with van der Waals surface area (Å²) in [6, 6.07) is 7.96. The fraction of sp³-hybridized carbons (Fsp3) is 0.286. The molecule has 0 aliphatic carbocycles. The van der Waals surface area contributed by atoms with E-state index in [1.165, 1.54) is 24.4 Å². The summed E-state index contributed by atoms with van der Waals surface area (Å²) in [6.45, 7) is 4.19. The van der Waals surface area contributed by atoms with Crippen LogP contribution in [0.15, 0.2) is 53.7 Å². The van der Waals surface area contributed by atoms with Crippen molar-refractivity contribution in [3.8, 4) is 0 Å². The molecule has 0 spiro atoms. The number of halogens is 3. The molecule has 3 amide bonds. The van der Waals surface area contributed by atoms with Gasteiger partial charge in [-0.3, -0.25) is 4.79 Å². The number of carbonyl (C=O) groups excluding carboxylic acids is 2. The Kier molecular flexibility index (Phi) is 8.51. The number of aryl methyl sites for hydroxylation is 1. The molecule has 5 rings (SSSR count). The van der Waals surface area contributed by atoms with Gasteiger partial charge in [0.2, 0.25) is 0 Å². The van der Waals surface area contributed by atoms with Crippen LogP contribution in [0.25, 0.3) is 5.65 Å². The van der Waals surface area contributed by atoms with Crippen molar-refractivity contribution in [2.24, 2.45) is 0 Å². The second kappa shape index (κ2) is 12.1. The van der Waals surface area contributed by atoms with Crippen molar-refractivity contribution in [1.29, 1.82) is 0 Å². The molecular weight excluding hydrogens is 604 g/mol. The fourth-order valence-electron chi connectivity index (χ4n) is 4.95. The Hall–Kier alpha value is -4.30. The van der Waals surface area contributed by atoms with Crippen molar-refractivity contribution in [3.63, 3.8) is 0 Å². The van der Waals surface area contributed by atoms with Gasteiger partial charge in [-0.25, -0.2) is 31.7 Å². The van der Waals surface area contributed by atoms with Gasteiger partial charge in [0.15, 0.2) is 10.5 Å². The summed E-state index contributed by atoms with van der Waals surface area (Å²) < 4.78 is 56.5. The first kappa shape index (κ1) is 30.2. The smallest absolute Gasteiger partial charge is 0.328 e. The molecule has 0 bridgehead atoms. The van der Waals surface area contributed by atoms with Gasteiger partial charge in [0, 0.05) is 25.8 Å². The first-order chi connectivity index (χ1) is 20.5. The van der Waals surface area contributed by atoms with E-state index in [0.717, 1.165) is 22.3 Å². The van der Waals surface area contributed by atoms with Gasteiger partial charge < -0.3 is 15.5 Å². The number of hydrogen-bond donors (Lipinski definition) is 3. The first-order valence-electron chi connectivity index (χ1n) is 13.4. The minimum atomic E-state index is -4.39. The zero-order valence-electron chi connectivity index (χ0n) is 23.2. The summed E-state index contributed by atoms with van der Waals surface area (Å²) in [5.74, 6) is -1.04. The van der Waals surface area contributed by atoms with E-state index in [1.807, 2.05) is 4.72 Å². The molecule has 1 saturated heterocycles. The molecule has 15 heteroatoms. The monoisotopic (exact) mass is 631 g/mol. The SMILES string of the molecule is CCNC(=O)NS(=O)(=O)c1cnn2c(Nc3cc(C)c(F)cc3Cl)c(C(=O)N3CCC(c4ccc(F)cc4)CC3)cnc12. The van der Waals surface area contributed by atoms with Crippen LogP contribution in [0, 0.1) is 18.6 Å². The highest BCUT2D eigenvalue weighted by Gasteiger charge is 2.30. The summed E-state index contributed by atoms with van der Waals surface area (Å²) in [6.07, 6.45) is 3.53. The molecule has 226 valence electrons. The predicted molar refractivity (Wildman–Crippen MR) is 156 cm³/mol. The molecule has 1 fully saturated rings. The zero-order chi connectivity index (χ0) is 30.9. The number of hydrogen-bond acceptors (Lipinski definition) is 7. The third kappa shape index (κ3) is 6.25. The molecule has 3 heterocycles. The molecule has 2 aromatic carbocycles. The van der Waals surface area contributed by atoms with E-state index in [1.54, 1.807) is 30.9 Å². The Morgan fingerprint density at radius 3 is 2.47 bits per heavy atom. The van der Waals surface area contributed by atoms with E-state index >= 15 is 0 Å². The number of carbonyl (C=O) groups is 2. The lowest BCUT2D eigenvalue weighted by Crippen LogP contribution is -2.39. The molecule has 11 nitrogen and oxygen atoms in total. The van der Waals surface area contributed by atoms with Gasteiger partial charge in [0.1, 0.15) is 23.0 Å². The van der Waals surface area contributed by atoms with Gasteiger partial charge >= 0.3 is 6.03 Å². The molecule has 0 atom stereocenters. The van der Waals surface area contributed by atoms with Crippen LogP contribution in [-0.4, -0.2) is 59.5 Å². The number of rotatable bonds is 7. The van der Waals surface area contributed by atoms with Crippen LogP contribution in [0.1, 0.15) is 47.2 Å². The third-order valence-electron chi connectivity index (χ3n) is 7.20. The van der Waals surface area contributed by atoms with Crippen LogP contribution >= 0.6 is 11.6 Å². The van der Waals surface area contributed by atoms with Crippen LogP contribution < -0.4 is 15.4 Å². The summed E-state index contributed by atoms with van der Waals surface area (Å²) in [5.41, 5.74) is 1.42. The summed E-state index contributed by atoms with van der Waals surface area (Å²) in [7, 11) is -4.39. The van der Waals surface area contributed by atoms with Crippen LogP contribution in [0.2, 0.25) is 5.02 Å². The van der Waals surface area contributed by atoms with Gasteiger partial charge in [-0.05, 0) is 68.0 Å². The Morgan fingerprint density at radius 1 is 1.09 bits per heavy atom. The Balaban J connectivity index is 1.51. The summed E-state index contributed by atoms with van der Waals surface area (Å²) >= 11 is 6.32. The van der Waals surface area contributed by atoms with Crippen LogP contribution in [0.3, 0.4) is 0 Å². The average Bonchev–Trinajstić information content (AvgIpc) is 3.42. The topological polar surface area (TPSA) is 138 Å². The number of likely N-dealkylation sites (tertiary alicyclic amines) is 1. The molecule has 43 heavy (non-hydrogen) atoms. The Bertz CT molecular complexity index is 1810. The van der Waals surface area contributed by atoms with Crippen molar-refractivity contribution in [2.45, 2.75) is 37.5 Å². The van der Waals surface area contributed by atoms with Crippen molar-refractivity contribution in [2.75, 3.05) is 25.0 Å². The van der Waals surface area contributed by atoms with E-state index in [0.29, 0.717) is 25.9 Å². The van der Waals surface area contributed by atoms with Crippen molar-refractivity contribution < 1.29 is 26.8 Å². The number of nitrogens with zero attached hydrogens (tertiary/aromatic N) is 4. The number of urea groups is 1. The molecular formula is C28H28ClF2N7O4S. The Labute approximate surface area is 251 Å². The highest BCUT2D eigenvalue weighted by molar-refractivity contribution is 7.90. The quantitative estimate of drug-likeness (QED) is 0.268. The molecule has 0 saturated carbocycles. The van der Waals surface area contributed by atoms with Crippen molar-refractivity contribution in [1.82, 2.24) is 29.5 Å². The Morgan fingerprint density at radius 2 is 1.79 bits per heavy atom. The maximum absolute atomic E-state index is 14.1. The van der Waals surface area contributed by atoms with Gasteiger partial charge in [0.05, 0.1) is 16.9 Å². The molecule has 3 N–H and O–H groups in total. The van der Waals surface area contributed by atoms with E-state index in [-0.39, 0.29) is 51.6 Å². The number of fused-ring (bicyclic) bond motifs is 1. The molecule has 0 radical (unpaired) electrons. The van der Waals surface area contributed by atoms with E-state index in [9.17, 15) is 26.8 Å². The van der Waals surface area contributed by atoms with Gasteiger partial charge in [-0.1, -0.05) is 23.7 Å². The highest BCUT2D eigenvalue weighted by Crippen LogP contribution is 2.33. The van der Waals surface area contributed by atoms with Gasteiger partial charge in [-0.2, -0.15) is 9.61 Å². The lowest BCUT2D eigenvalue weighted by atomic mass is 9.89. The highest BCUT2D eigenvalue weighted by atomic mass is 35.5. The number of nitrogens with one attached hydrogen (secondary N) is 3. The maximum atomic E-state index is 14.1. The number of piperidine rings is 1. The molecule has 4 aromatic rings. The summed E-state index contributed by atoms with van der Waals surface area (Å²) in [4.78, 5) is 31.3. The van der Waals surface area contributed by atoms with E-state index < -0.39 is 32.7 Å². The standard InChI is InChI=1S/C28H28ClF2N7O4S/c1-3-32-28(40)36-43(41,42)24-15-34-38-25(35-23-12-16(2)22(31)13-21(23)29)20(14-33-26(24)38)27(39)37-10-8-18(9-11-37)17-4-6-19(30)7-5-17/h4-7,12-15,18,35H,3,8-11H2,1-2H3,(H2,32,36,40). The van der Waals surface area contributed by atoms with Gasteiger partial charge in [-0.15, -0.1) is 0 Å². The average molecular weight is 632 g/mol. The first-order valence-corrected chi connectivity index (χ1v) is 15.3. The largest absolute Gasteiger partial charge is 0.338 e. The lowest BCUT2D eigenvalue weighted by Gasteiger charge is -2.32. The molecule has 0 unspecified atom stereocenters. The van der Waals surface area contributed by atoms with E-state index in [2.05, 4.69) is 20.7 Å². The third-order valence-corrected chi connectivity index (χ3v) is 8.84. The number of benzene rings is 2. The number of aromatic nitrogens is 3. The van der Waals surface area contributed by atoms with Crippen molar-refractivity contribution >= 4 is 50.7 Å². The van der Waals surface area contributed by atoms with Crippen LogP contribution in [0.4, 0.5) is 25.1 Å². The van der Waals surface area contributed by atoms with Crippen LogP contribution in [0.5, 0.6) is 0 Å². The maximum Gasteiger partial charge on any atom is 0.328 e. The minimum Gasteiger partial charge on any atom is -0.338 e. The van der Waals surface area contributed by atoms with Crippen molar-refractivity contribution in [3.05, 3.63) is 82.1 Å². The summed E-state index contributed by atoms with van der Waals surface area (Å²) in [5, 5.41) is 9.56. The predicted octanol–water partition coefficient (Wildman–Crippen LogP) is 4.74. The fourth-order valence-corrected chi connectivity index (χ4v) is 6.14. The number of sulfonamides is 1. The molecule has 1 aliphatic heterocycles. The number of anilines is 2. The minimum absolute atomic E-state index is 0.0180. The number of amides is 3. The zero-order valence-corrected chi connectivity index (χ0v) is 24.8. The van der Waals surface area contributed by atoms with E-state index in [4.69, 9.17) is 11.6 Å². The second-order valence-electron chi connectivity index (χ2n) is 10.1. The van der Waals surface area contributed by atoms with Crippen LogP contribution in [-0.2, 0) is 10.0 Å². The molecule has 1 aliphatic rings.